The van der Waals surface area contributed by atoms with Crippen molar-refractivity contribution in [2.75, 3.05) is 152 Å². The molecule has 2 N–H and O–H groups in total. The third kappa shape index (κ3) is 40.5. The minimum Gasteiger partial charge on any atom is -0.481 e. The van der Waals surface area contributed by atoms with Crippen LogP contribution in [0.15, 0.2) is 0 Å². The van der Waals surface area contributed by atoms with E-state index in [4.69, 9.17) is 57.2 Å². The van der Waals surface area contributed by atoms with Crippen molar-refractivity contribution < 1.29 is 66.8 Å². The number of amides is 1. The zero-order valence-electron chi connectivity index (χ0n) is 28.1. The van der Waals surface area contributed by atoms with Crippen LogP contribution in [0.25, 0.3) is 0 Å². The van der Waals surface area contributed by atoms with Crippen molar-refractivity contribution in [3.05, 3.63) is 0 Å². The molecule has 0 aromatic heterocycles. The fourth-order valence-electron chi connectivity index (χ4n) is 3.26. The maximum absolute atomic E-state index is 11.4. The van der Waals surface area contributed by atoms with Gasteiger partial charge in [-0.2, -0.15) is 0 Å². The lowest BCUT2D eigenvalue weighted by molar-refractivity contribution is -0.138. The van der Waals surface area contributed by atoms with E-state index in [1.807, 2.05) is 0 Å². The van der Waals surface area contributed by atoms with Gasteiger partial charge in [0.2, 0.25) is 5.91 Å². The summed E-state index contributed by atoms with van der Waals surface area (Å²) in [5.74, 6) is -1.25. The summed E-state index contributed by atoms with van der Waals surface area (Å²) in [6.07, 6.45) is 2.71. The Labute approximate surface area is 275 Å². The normalized spacial score (nSPS) is 11.3. The Kier molecular flexibility index (Phi) is 38.4. The predicted octanol–water partition coefficient (Wildman–Crippen LogP) is 1.34. The van der Waals surface area contributed by atoms with Crippen molar-refractivity contribution in [3.63, 3.8) is 0 Å². The van der Waals surface area contributed by atoms with Crippen LogP contribution in [-0.4, -0.2) is 169 Å². The molecule has 0 aliphatic carbocycles. The molecule has 46 heavy (non-hydrogen) atoms. The van der Waals surface area contributed by atoms with E-state index in [0.717, 1.165) is 19.4 Å². The molecule has 0 aromatic carbocycles. The van der Waals surface area contributed by atoms with Crippen LogP contribution >= 0.6 is 0 Å². The molecule has 0 aromatic rings. The molecule has 15 heteroatoms. The molecule has 274 valence electrons. The summed E-state index contributed by atoms with van der Waals surface area (Å²) in [5, 5.41) is 11.2. The van der Waals surface area contributed by atoms with E-state index in [0.29, 0.717) is 152 Å². The Morgan fingerprint density at radius 2 is 0.674 bits per heavy atom. The number of ether oxygens (including phenoxy) is 11. The molecule has 0 heterocycles. The molecule has 0 fully saturated rings. The van der Waals surface area contributed by atoms with Crippen LogP contribution in [0.5, 0.6) is 0 Å². The Morgan fingerprint density at radius 1 is 0.413 bits per heavy atom. The summed E-state index contributed by atoms with van der Waals surface area (Å²) < 4.78 is 59.9. The van der Waals surface area contributed by atoms with Gasteiger partial charge in [0.05, 0.1) is 139 Å². The number of carbonyl (C=O) groups is 2. The topological polar surface area (TPSA) is 168 Å². The smallest absolute Gasteiger partial charge is 0.303 e. The third-order valence-electron chi connectivity index (χ3n) is 5.72. The van der Waals surface area contributed by atoms with Gasteiger partial charge >= 0.3 is 5.97 Å². The van der Waals surface area contributed by atoms with E-state index in [1.54, 1.807) is 0 Å². The molecular formula is C31H61NO14. The van der Waals surface area contributed by atoms with Gasteiger partial charge in [-0.05, 0) is 12.8 Å². The van der Waals surface area contributed by atoms with Crippen molar-refractivity contribution in [1.82, 2.24) is 5.32 Å². The van der Waals surface area contributed by atoms with Gasteiger partial charge in [-0.15, -0.1) is 0 Å². The van der Waals surface area contributed by atoms with Crippen molar-refractivity contribution >= 4 is 11.9 Å². The number of nitrogens with one attached hydrogen (secondary N) is 1. The fourth-order valence-corrected chi connectivity index (χ4v) is 3.26. The second kappa shape index (κ2) is 39.7. The predicted molar refractivity (Wildman–Crippen MR) is 168 cm³/mol. The molecular weight excluding hydrogens is 610 g/mol. The van der Waals surface area contributed by atoms with Gasteiger partial charge < -0.3 is 62.5 Å². The first-order valence-electron chi connectivity index (χ1n) is 16.5. The second-order valence-corrected chi connectivity index (χ2v) is 9.69. The molecule has 0 spiro atoms. The van der Waals surface area contributed by atoms with E-state index < -0.39 is 5.97 Å². The van der Waals surface area contributed by atoms with E-state index in [1.165, 1.54) is 0 Å². The zero-order valence-corrected chi connectivity index (χ0v) is 28.1. The Balaban J connectivity index is 3.08. The molecule has 0 radical (unpaired) electrons. The Bertz CT molecular complexity index is 632. The molecule has 0 rings (SSSR count). The largest absolute Gasteiger partial charge is 0.481 e. The van der Waals surface area contributed by atoms with Crippen LogP contribution < -0.4 is 5.32 Å². The van der Waals surface area contributed by atoms with Crippen LogP contribution in [0.2, 0.25) is 0 Å². The van der Waals surface area contributed by atoms with Crippen LogP contribution in [0.1, 0.15) is 39.0 Å². The Morgan fingerprint density at radius 3 is 0.935 bits per heavy atom. The molecule has 0 atom stereocenters. The summed E-state index contributed by atoms with van der Waals surface area (Å²) in [6.45, 7) is 14.1. The van der Waals surface area contributed by atoms with Crippen LogP contribution in [-0.2, 0) is 61.7 Å². The van der Waals surface area contributed by atoms with Crippen molar-refractivity contribution in [3.8, 4) is 0 Å². The SMILES string of the molecule is CCCCOCCOCCOCCOCCOCCOCCOCCOCCOCCOCCOCCCNC(=O)CCC(=O)O. The molecule has 0 aliphatic heterocycles. The summed E-state index contributed by atoms with van der Waals surface area (Å²) in [4.78, 5) is 21.8. The lowest BCUT2D eigenvalue weighted by atomic mass is 10.3. The van der Waals surface area contributed by atoms with Crippen molar-refractivity contribution in [2.24, 2.45) is 0 Å². The van der Waals surface area contributed by atoms with E-state index in [9.17, 15) is 9.59 Å². The molecule has 15 nitrogen and oxygen atoms in total. The lowest BCUT2D eigenvalue weighted by Gasteiger charge is -2.09. The number of unbranched alkanes of at least 4 members (excludes halogenated alkanes) is 1. The first kappa shape index (κ1) is 44.5. The quantitative estimate of drug-likeness (QED) is 0.0896. The number of hydrogen-bond acceptors (Lipinski definition) is 13. The maximum atomic E-state index is 11.4. The van der Waals surface area contributed by atoms with E-state index in [-0.39, 0.29) is 18.7 Å². The van der Waals surface area contributed by atoms with Gasteiger partial charge in [0.15, 0.2) is 0 Å². The van der Waals surface area contributed by atoms with E-state index in [2.05, 4.69) is 12.2 Å². The van der Waals surface area contributed by atoms with Gasteiger partial charge in [-0.1, -0.05) is 13.3 Å². The average molecular weight is 672 g/mol. The molecule has 1 amide bonds. The number of rotatable bonds is 40. The highest BCUT2D eigenvalue weighted by Crippen LogP contribution is 1.91. The summed E-state index contributed by atoms with van der Waals surface area (Å²) in [5.41, 5.74) is 0. The third-order valence-corrected chi connectivity index (χ3v) is 5.72. The van der Waals surface area contributed by atoms with Crippen LogP contribution in [0.3, 0.4) is 0 Å². The average Bonchev–Trinajstić information content (AvgIpc) is 3.05. The maximum Gasteiger partial charge on any atom is 0.303 e. The first-order chi connectivity index (χ1) is 22.7. The van der Waals surface area contributed by atoms with Crippen molar-refractivity contribution in [1.29, 1.82) is 0 Å². The zero-order chi connectivity index (χ0) is 33.4. The van der Waals surface area contributed by atoms with Gasteiger partial charge in [-0.3, -0.25) is 9.59 Å². The van der Waals surface area contributed by atoms with Gasteiger partial charge in [0.25, 0.3) is 0 Å². The molecule has 0 saturated heterocycles. The van der Waals surface area contributed by atoms with Gasteiger partial charge in [0.1, 0.15) is 0 Å². The highest BCUT2D eigenvalue weighted by molar-refractivity contribution is 5.80. The summed E-state index contributed by atoms with van der Waals surface area (Å²) in [7, 11) is 0. The van der Waals surface area contributed by atoms with Crippen LogP contribution in [0.4, 0.5) is 0 Å². The lowest BCUT2D eigenvalue weighted by Crippen LogP contribution is -2.25. The highest BCUT2D eigenvalue weighted by atomic mass is 16.6. The molecule has 0 unspecified atom stereocenters. The molecule has 0 saturated carbocycles. The number of carbonyl (C=O) groups excluding carboxylic acids is 1. The summed E-state index contributed by atoms with van der Waals surface area (Å²) in [6, 6.07) is 0. The van der Waals surface area contributed by atoms with Crippen LogP contribution in [0, 0.1) is 0 Å². The molecule has 0 aliphatic rings. The second-order valence-electron chi connectivity index (χ2n) is 9.69. The standard InChI is InChI=1S/C31H61NO14/c1-2-3-8-36-10-12-38-14-16-40-18-20-42-22-24-44-26-28-46-29-27-45-25-23-43-21-19-41-17-15-39-13-11-37-9-4-7-32-30(33)5-6-31(34)35/h2-29H2,1H3,(H,32,33)(H,34,35). The number of aliphatic carboxylic acids is 1. The first-order valence-corrected chi connectivity index (χ1v) is 16.5. The number of carboxylic acid groups (broad SMARTS) is 1. The minimum absolute atomic E-state index is 0.00886. The highest BCUT2D eigenvalue weighted by Gasteiger charge is 2.04. The monoisotopic (exact) mass is 671 g/mol. The van der Waals surface area contributed by atoms with Gasteiger partial charge in [-0.25, -0.2) is 0 Å². The summed E-state index contributed by atoms with van der Waals surface area (Å²) >= 11 is 0. The molecule has 0 bridgehead atoms. The fraction of sp³-hybridized carbons (Fsp3) is 0.935. The number of carboxylic acids is 1. The van der Waals surface area contributed by atoms with Crippen molar-refractivity contribution in [2.45, 2.75) is 39.0 Å². The minimum atomic E-state index is -0.982. The Hall–Kier alpha value is -1.50. The van der Waals surface area contributed by atoms with E-state index >= 15 is 0 Å². The number of hydrogen-bond donors (Lipinski definition) is 2. The van der Waals surface area contributed by atoms with Gasteiger partial charge in [0, 0.05) is 26.2 Å².